The fraction of sp³-hybridized carbons (Fsp3) is 0.788. The van der Waals surface area contributed by atoms with E-state index in [1.54, 1.807) is 0 Å². The maximum atomic E-state index is 12.4. The van der Waals surface area contributed by atoms with Crippen LogP contribution in [-0.2, 0) is 44.9 Å². The van der Waals surface area contributed by atoms with E-state index < -0.39 is 11.4 Å². The molecule has 1 aliphatic carbocycles. The SMILES string of the molecule is CCOCc1nc2c(N)nc3c(c2n1CC1(C)COC(C)(C)OC1)CCC(CCCN1CCN(C(=O)OC(C)(C)C)CC1)C3. The number of hydrogen-bond acceptors (Lipinski definition) is 9. The number of fused-ring (bicyclic) bond motifs is 3. The van der Waals surface area contributed by atoms with Crippen LogP contribution in [-0.4, -0.2) is 94.4 Å². The normalized spacial score (nSPS) is 22.2. The third kappa shape index (κ3) is 7.84. The molecule has 246 valence electrons. The summed E-state index contributed by atoms with van der Waals surface area (Å²) in [5.74, 6) is 1.39. The van der Waals surface area contributed by atoms with Gasteiger partial charge in [-0.25, -0.2) is 14.8 Å². The predicted molar refractivity (Wildman–Crippen MR) is 170 cm³/mol. The zero-order chi connectivity index (χ0) is 31.7. The van der Waals surface area contributed by atoms with Crippen molar-refractivity contribution in [3.05, 3.63) is 17.1 Å². The van der Waals surface area contributed by atoms with Gasteiger partial charge in [0.2, 0.25) is 0 Å². The Labute approximate surface area is 262 Å². The molecule has 2 saturated heterocycles. The summed E-state index contributed by atoms with van der Waals surface area (Å²) in [6.45, 7) is 21.1. The van der Waals surface area contributed by atoms with Crippen LogP contribution in [0.25, 0.3) is 11.0 Å². The molecule has 0 radical (unpaired) electrons. The van der Waals surface area contributed by atoms with Gasteiger partial charge >= 0.3 is 6.09 Å². The third-order valence-corrected chi connectivity index (χ3v) is 9.09. The number of aryl methyl sites for hydroxylation is 1. The summed E-state index contributed by atoms with van der Waals surface area (Å²) in [5, 5.41) is 0. The second-order valence-corrected chi connectivity index (χ2v) is 14.7. The molecule has 5 rings (SSSR count). The van der Waals surface area contributed by atoms with Crippen molar-refractivity contribution >= 4 is 22.9 Å². The van der Waals surface area contributed by atoms with Crippen LogP contribution in [0.5, 0.6) is 0 Å². The Kier molecular flexibility index (Phi) is 9.80. The van der Waals surface area contributed by atoms with Gasteiger partial charge in [-0.1, -0.05) is 6.92 Å². The largest absolute Gasteiger partial charge is 0.444 e. The lowest BCUT2D eigenvalue weighted by Gasteiger charge is -2.42. The van der Waals surface area contributed by atoms with Crippen LogP contribution in [0.15, 0.2) is 0 Å². The molecule has 1 atom stereocenters. The van der Waals surface area contributed by atoms with E-state index in [1.807, 2.05) is 46.4 Å². The van der Waals surface area contributed by atoms with Crippen LogP contribution in [0.4, 0.5) is 10.6 Å². The summed E-state index contributed by atoms with van der Waals surface area (Å²) in [7, 11) is 0. The van der Waals surface area contributed by atoms with E-state index in [-0.39, 0.29) is 11.5 Å². The third-order valence-electron chi connectivity index (χ3n) is 9.09. The number of carbonyl (C=O) groups excluding carboxylic acids is 1. The van der Waals surface area contributed by atoms with E-state index in [9.17, 15) is 4.79 Å². The van der Waals surface area contributed by atoms with Crippen molar-refractivity contribution in [3.8, 4) is 0 Å². The second kappa shape index (κ2) is 13.1. The Morgan fingerprint density at radius 2 is 1.80 bits per heavy atom. The second-order valence-electron chi connectivity index (χ2n) is 14.7. The van der Waals surface area contributed by atoms with Crippen LogP contribution < -0.4 is 5.73 Å². The van der Waals surface area contributed by atoms with Gasteiger partial charge in [-0.2, -0.15) is 0 Å². The molecule has 1 unspecified atom stereocenters. The van der Waals surface area contributed by atoms with Crippen molar-refractivity contribution in [1.82, 2.24) is 24.3 Å². The predicted octanol–water partition coefficient (Wildman–Crippen LogP) is 4.78. The monoisotopic (exact) mass is 614 g/mol. The molecule has 0 saturated carbocycles. The number of ether oxygens (including phenoxy) is 4. The van der Waals surface area contributed by atoms with Gasteiger partial charge in [-0.3, -0.25) is 4.90 Å². The molecule has 2 aliphatic heterocycles. The molecule has 2 N–H and O–H groups in total. The fourth-order valence-corrected chi connectivity index (χ4v) is 6.60. The van der Waals surface area contributed by atoms with Gasteiger partial charge in [0, 0.05) is 50.4 Å². The molecule has 3 aliphatic rings. The van der Waals surface area contributed by atoms with Gasteiger partial charge in [0.1, 0.15) is 23.5 Å². The first-order valence-corrected chi connectivity index (χ1v) is 16.5. The standard InChI is InChI=1S/C33H54N6O5/c1-8-41-19-26-36-27-28(39(26)20-33(7)21-42-32(5,6)43-22-33)24-12-11-23(18-25(24)35-29(27)34)10-9-13-37-14-16-38(17-15-37)30(40)44-31(2,3)4/h23H,8-22H2,1-7H3,(H2,34,35). The van der Waals surface area contributed by atoms with Gasteiger partial charge in [0.25, 0.3) is 0 Å². The lowest BCUT2D eigenvalue weighted by atomic mass is 9.83. The molecule has 11 heteroatoms. The van der Waals surface area contributed by atoms with Crippen molar-refractivity contribution < 1.29 is 23.7 Å². The number of nitrogen functional groups attached to an aromatic ring is 1. The van der Waals surface area contributed by atoms with Gasteiger partial charge in [0.15, 0.2) is 11.6 Å². The number of hydrogen-bond donors (Lipinski definition) is 1. The van der Waals surface area contributed by atoms with Crippen molar-refractivity contribution in [1.29, 1.82) is 0 Å². The number of nitrogens with zero attached hydrogens (tertiary/aromatic N) is 5. The average Bonchev–Trinajstić information content (AvgIpc) is 3.31. The summed E-state index contributed by atoms with van der Waals surface area (Å²) >= 11 is 0. The number of pyridine rings is 1. The van der Waals surface area contributed by atoms with E-state index in [1.165, 1.54) is 5.56 Å². The molecule has 0 bridgehead atoms. The summed E-state index contributed by atoms with van der Waals surface area (Å²) in [5.41, 5.74) is 10.2. The first-order chi connectivity index (χ1) is 20.8. The number of rotatable bonds is 9. The van der Waals surface area contributed by atoms with Crippen molar-refractivity contribution in [3.63, 3.8) is 0 Å². The summed E-state index contributed by atoms with van der Waals surface area (Å²) in [6.07, 6.45) is 5.12. The van der Waals surface area contributed by atoms with Crippen LogP contribution in [0.2, 0.25) is 0 Å². The maximum Gasteiger partial charge on any atom is 0.410 e. The Balaban J connectivity index is 1.23. The highest BCUT2D eigenvalue weighted by atomic mass is 16.7. The Morgan fingerprint density at radius 3 is 2.45 bits per heavy atom. The molecule has 1 amide bonds. The smallest absolute Gasteiger partial charge is 0.410 e. The molecule has 0 spiro atoms. The van der Waals surface area contributed by atoms with Gasteiger partial charge in [0.05, 0.1) is 18.7 Å². The molecule has 44 heavy (non-hydrogen) atoms. The zero-order valence-corrected chi connectivity index (χ0v) is 28.0. The molecule has 2 aromatic heterocycles. The Hall–Kier alpha value is -2.47. The van der Waals surface area contributed by atoms with E-state index in [4.69, 9.17) is 34.6 Å². The molecule has 11 nitrogen and oxygen atoms in total. The zero-order valence-electron chi connectivity index (χ0n) is 28.0. The topological polar surface area (TPSA) is 117 Å². The maximum absolute atomic E-state index is 12.4. The Morgan fingerprint density at radius 1 is 1.09 bits per heavy atom. The quantitative estimate of drug-likeness (QED) is 0.426. The van der Waals surface area contributed by atoms with Gasteiger partial charge in [-0.15, -0.1) is 0 Å². The summed E-state index contributed by atoms with van der Waals surface area (Å²) in [4.78, 5) is 26.6. The van der Waals surface area contributed by atoms with E-state index in [0.29, 0.717) is 44.7 Å². The lowest BCUT2D eigenvalue weighted by Crippen LogP contribution is -2.50. The molecule has 2 aromatic rings. The molecule has 0 aromatic carbocycles. The number of imidazole rings is 1. The minimum absolute atomic E-state index is 0.204. The van der Waals surface area contributed by atoms with E-state index in [0.717, 1.165) is 87.4 Å². The highest BCUT2D eigenvalue weighted by molar-refractivity contribution is 5.89. The van der Waals surface area contributed by atoms with Crippen LogP contribution in [0.3, 0.4) is 0 Å². The van der Waals surface area contributed by atoms with E-state index >= 15 is 0 Å². The minimum Gasteiger partial charge on any atom is -0.444 e. The van der Waals surface area contributed by atoms with Crippen LogP contribution in [0.1, 0.15) is 84.8 Å². The highest BCUT2D eigenvalue weighted by Gasteiger charge is 2.38. The number of amides is 1. The number of anilines is 1. The number of carbonyl (C=O) groups is 1. The molecule has 2 fully saturated rings. The number of nitrogens with two attached hydrogens (primary N) is 1. The summed E-state index contributed by atoms with van der Waals surface area (Å²) in [6, 6.07) is 0. The fourth-order valence-electron chi connectivity index (χ4n) is 6.60. The van der Waals surface area contributed by atoms with Crippen LogP contribution >= 0.6 is 0 Å². The van der Waals surface area contributed by atoms with Crippen molar-refractivity contribution in [2.45, 2.75) is 105 Å². The van der Waals surface area contributed by atoms with Crippen molar-refractivity contribution in [2.24, 2.45) is 11.3 Å². The lowest BCUT2D eigenvalue weighted by molar-refractivity contribution is -0.284. The first-order valence-electron chi connectivity index (χ1n) is 16.5. The van der Waals surface area contributed by atoms with Gasteiger partial charge < -0.3 is 34.1 Å². The summed E-state index contributed by atoms with van der Waals surface area (Å²) < 4.78 is 25.8. The molecule has 4 heterocycles. The Bertz CT molecular complexity index is 1300. The van der Waals surface area contributed by atoms with E-state index in [2.05, 4.69) is 16.4 Å². The average molecular weight is 615 g/mol. The van der Waals surface area contributed by atoms with Gasteiger partial charge in [-0.05, 0) is 91.7 Å². The molecular formula is C33H54N6O5. The first kappa shape index (κ1) is 32.9. The van der Waals surface area contributed by atoms with Crippen molar-refractivity contribution in [2.75, 3.05) is 58.3 Å². The molecular weight excluding hydrogens is 560 g/mol. The highest BCUT2D eigenvalue weighted by Crippen LogP contribution is 2.38. The number of aromatic nitrogens is 3. The van der Waals surface area contributed by atoms with Crippen LogP contribution in [0, 0.1) is 11.3 Å². The number of piperazine rings is 1. The minimum atomic E-state index is -0.568.